The molecule has 2 aliphatic rings. The van der Waals surface area contributed by atoms with Gasteiger partial charge in [-0.15, -0.1) is 0 Å². The standard InChI is InChI=1S/C16H20N2O2/c1-2-3-14(19)18-13-5-4-11-9-16(10-12(11)8-13)6-7-17-15(16)20/h4-5,8H,2-3,6-7,9-10H2,1H3,(H,17,20)(H,18,19). The van der Waals surface area contributed by atoms with Crippen molar-refractivity contribution in [3.63, 3.8) is 0 Å². The van der Waals surface area contributed by atoms with E-state index >= 15 is 0 Å². The van der Waals surface area contributed by atoms with Gasteiger partial charge in [0.15, 0.2) is 0 Å². The van der Waals surface area contributed by atoms with Crippen molar-refractivity contribution >= 4 is 17.5 Å². The second-order valence-corrected chi connectivity index (χ2v) is 5.92. The fourth-order valence-electron chi connectivity index (χ4n) is 3.34. The van der Waals surface area contributed by atoms with Gasteiger partial charge in [-0.25, -0.2) is 0 Å². The zero-order valence-electron chi connectivity index (χ0n) is 11.8. The van der Waals surface area contributed by atoms with Gasteiger partial charge in [0.05, 0.1) is 5.41 Å². The second-order valence-electron chi connectivity index (χ2n) is 5.92. The fraction of sp³-hybridized carbons (Fsp3) is 0.500. The number of carbonyl (C=O) groups is 2. The van der Waals surface area contributed by atoms with Crippen LogP contribution in [-0.4, -0.2) is 18.4 Å². The highest BCUT2D eigenvalue weighted by Gasteiger charge is 2.46. The van der Waals surface area contributed by atoms with Crippen molar-refractivity contribution in [2.75, 3.05) is 11.9 Å². The molecule has 0 saturated carbocycles. The Hall–Kier alpha value is -1.84. The molecule has 106 valence electrons. The minimum atomic E-state index is -0.228. The van der Waals surface area contributed by atoms with Crippen molar-refractivity contribution in [1.29, 1.82) is 0 Å². The van der Waals surface area contributed by atoms with E-state index in [1.54, 1.807) is 0 Å². The molecule has 0 bridgehead atoms. The number of anilines is 1. The molecule has 1 saturated heterocycles. The molecule has 1 aliphatic carbocycles. The van der Waals surface area contributed by atoms with Gasteiger partial charge in [-0.2, -0.15) is 0 Å². The Morgan fingerprint density at radius 1 is 1.35 bits per heavy atom. The van der Waals surface area contributed by atoms with Crippen molar-refractivity contribution in [2.24, 2.45) is 5.41 Å². The maximum atomic E-state index is 12.0. The van der Waals surface area contributed by atoms with E-state index in [0.29, 0.717) is 6.42 Å². The second kappa shape index (κ2) is 4.93. The normalized spacial score (nSPS) is 23.8. The van der Waals surface area contributed by atoms with Crippen LogP contribution in [0.1, 0.15) is 37.3 Å². The summed E-state index contributed by atoms with van der Waals surface area (Å²) in [7, 11) is 0. The first-order valence-corrected chi connectivity index (χ1v) is 7.33. The molecule has 1 aromatic rings. The number of hydrogen-bond acceptors (Lipinski definition) is 2. The third-order valence-electron chi connectivity index (χ3n) is 4.40. The number of carbonyl (C=O) groups excluding carboxylic acids is 2. The molecular formula is C16H20N2O2. The minimum absolute atomic E-state index is 0.0544. The van der Waals surface area contributed by atoms with Crippen LogP contribution < -0.4 is 10.6 Å². The van der Waals surface area contributed by atoms with Crippen LogP contribution in [0.3, 0.4) is 0 Å². The van der Waals surface area contributed by atoms with Crippen LogP contribution in [0.15, 0.2) is 18.2 Å². The average Bonchev–Trinajstić information content (AvgIpc) is 2.93. The summed E-state index contributed by atoms with van der Waals surface area (Å²) in [5, 5.41) is 5.87. The van der Waals surface area contributed by atoms with E-state index in [9.17, 15) is 9.59 Å². The van der Waals surface area contributed by atoms with Gasteiger partial charge in [-0.3, -0.25) is 9.59 Å². The zero-order chi connectivity index (χ0) is 14.2. The molecule has 1 aliphatic heterocycles. The topological polar surface area (TPSA) is 58.2 Å². The molecule has 1 unspecified atom stereocenters. The van der Waals surface area contributed by atoms with Crippen molar-refractivity contribution in [2.45, 2.75) is 39.0 Å². The molecule has 3 rings (SSSR count). The lowest BCUT2D eigenvalue weighted by molar-refractivity contribution is -0.127. The summed E-state index contributed by atoms with van der Waals surface area (Å²) >= 11 is 0. The highest BCUT2D eigenvalue weighted by atomic mass is 16.2. The van der Waals surface area contributed by atoms with Gasteiger partial charge in [0.25, 0.3) is 0 Å². The molecule has 1 aromatic carbocycles. The lowest BCUT2D eigenvalue weighted by Gasteiger charge is -2.17. The molecule has 4 heteroatoms. The Bertz CT molecular complexity index is 568. The Kier molecular flexibility index (Phi) is 3.24. The van der Waals surface area contributed by atoms with Crippen LogP contribution in [-0.2, 0) is 22.4 Å². The lowest BCUT2D eigenvalue weighted by atomic mass is 9.83. The van der Waals surface area contributed by atoms with Gasteiger partial charge in [0.1, 0.15) is 0 Å². The molecular weight excluding hydrogens is 252 g/mol. The predicted octanol–water partition coefficient (Wildman–Crippen LogP) is 2.03. The third-order valence-corrected chi connectivity index (χ3v) is 4.40. The summed E-state index contributed by atoms with van der Waals surface area (Å²) in [6.45, 7) is 2.78. The quantitative estimate of drug-likeness (QED) is 0.884. The molecule has 1 fully saturated rings. The first kappa shape index (κ1) is 13.2. The van der Waals surface area contributed by atoms with E-state index in [1.165, 1.54) is 11.1 Å². The number of nitrogens with one attached hydrogen (secondary N) is 2. The third kappa shape index (κ3) is 2.19. The Labute approximate surface area is 118 Å². The smallest absolute Gasteiger partial charge is 0.226 e. The van der Waals surface area contributed by atoms with Crippen molar-refractivity contribution in [3.05, 3.63) is 29.3 Å². The van der Waals surface area contributed by atoms with E-state index in [-0.39, 0.29) is 17.2 Å². The van der Waals surface area contributed by atoms with Crippen LogP contribution in [0.4, 0.5) is 5.69 Å². The molecule has 2 amide bonds. The number of fused-ring (bicyclic) bond motifs is 1. The summed E-state index contributed by atoms with van der Waals surface area (Å²) in [5.74, 6) is 0.240. The molecule has 2 N–H and O–H groups in total. The number of amides is 2. The van der Waals surface area contributed by atoms with E-state index in [2.05, 4.69) is 16.7 Å². The Balaban J connectivity index is 1.78. The van der Waals surface area contributed by atoms with Crippen molar-refractivity contribution in [1.82, 2.24) is 5.32 Å². The van der Waals surface area contributed by atoms with Crippen LogP contribution in [0.2, 0.25) is 0 Å². The Morgan fingerprint density at radius 3 is 2.85 bits per heavy atom. The highest BCUT2D eigenvalue weighted by molar-refractivity contribution is 5.91. The van der Waals surface area contributed by atoms with Crippen LogP contribution in [0.5, 0.6) is 0 Å². The van der Waals surface area contributed by atoms with Gasteiger partial charge in [0.2, 0.25) is 11.8 Å². The van der Waals surface area contributed by atoms with Crippen molar-refractivity contribution in [3.8, 4) is 0 Å². The lowest BCUT2D eigenvalue weighted by Crippen LogP contribution is -2.31. The Morgan fingerprint density at radius 2 is 2.15 bits per heavy atom. The number of rotatable bonds is 3. The predicted molar refractivity (Wildman–Crippen MR) is 77.4 cm³/mol. The maximum Gasteiger partial charge on any atom is 0.226 e. The van der Waals surface area contributed by atoms with E-state index in [0.717, 1.165) is 37.9 Å². The van der Waals surface area contributed by atoms with E-state index < -0.39 is 0 Å². The van der Waals surface area contributed by atoms with Gasteiger partial charge in [-0.05, 0) is 48.9 Å². The van der Waals surface area contributed by atoms with Gasteiger partial charge >= 0.3 is 0 Å². The summed E-state index contributed by atoms with van der Waals surface area (Å²) in [6, 6.07) is 6.03. The van der Waals surface area contributed by atoms with Gasteiger partial charge < -0.3 is 10.6 Å². The van der Waals surface area contributed by atoms with Crippen LogP contribution >= 0.6 is 0 Å². The molecule has 1 spiro atoms. The number of benzene rings is 1. The SMILES string of the molecule is CCCC(=O)Nc1ccc2c(c1)CC1(CCNC1=O)C2. The van der Waals surface area contributed by atoms with Crippen LogP contribution in [0, 0.1) is 5.41 Å². The molecule has 1 atom stereocenters. The van der Waals surface area contributed by atoms with Gasteiger partial charge in [-0.1, -0.05) is 13.0 Å². The minimum Gasteiger partial charge on any atom is -0.356 e. The molecule has 1 heterocycles. The summed E-state index contributed by atoms with van der Waals surface area (Å²) in [4.78, 5) is 23.7. The fourth-order valence-corrected chi connectivity index (χ4v) is 3.34. The first-order chi connectivity index (χ1) is 9.63. The monoisotopic (exact) mass is 272 g/mol. The summed E-state index contributed by atoms with van der Waals surface area (Å²) in [5.41, 5.74) is 3.07. The van der Waals surface area contributed by atoms with Crippen LogP contribution in [0.25, 0.3) is 0 Å². The highest BCUT2D eigenvalue weighted by Crippen LogP contribution is 2.42. The molecule has 20 heavy (non-hydrogen) atoms. The largest absolute Gasteiger partial charge is 0.356 e. The first-order valence-electron chi connectivity index (χ1n) is 7.33. The maximum absolute atomic E-state index is 12.0. The molecule has 0 aromatic heterocycles. The van der Waals surface area contributed by atoms with Gasteiger partial charge in [0, 0.05) is 18.7 Å². The summed E-state index contributed by atoms with van der Waals surface area (Å²) < 4.78 is 0. The zero-order valence-corrected chi connectivity index (χ0v) is 11.8. The molecule has 0 radical (unpaired) electrons. The van der Waals surface area contributed by atoms with E-state index in [4.69, 9.17) is 0 Å². The van der Waals surface area contributed by atoms with Crippen molar-refractivity contribution < 1.29 is 9.59 Å². The number of hydrogen-bond donors (Lipinski definition) is 2. The van der Waals surface area contributed by atoms with E-state index in [1.807, 2.05) is 19.1 Å². The average molecular weight is 272 g/mol. The molecule has 4 nitrogen and oxygen atoms in total. The summed E-state index contributed by atoms with van der Waals surface area (Å²) in [6.07, 6.45) is 3.94.